The topological polar surface area (TPSA) is 72.5 Å². The standard InChI is InChI=1S/C14H15F6NO4S2/c1-25-12(22)11(3-4-26-2)21-27(23,24)10-6-8(13(15,16)17)5-9(7-10)14(18,19)20/h5-7,11,21H,3-4H2,1-2H3/t11-/m1/s1. The maximum Gasteiger partial charge on any atom is 0.416 e. The molecule has 1 atom stereocenters. The molecule has 1 aromatic rings. The Bertz CT molecular complexity index is 745. The van der Waals surface area contributed by atoms with Crippen LogP contribution in [0.2, 0.25) is 0 Å². The van der Waals surface area contributed by atoms with E-state index in [1.54, 1.807) is 11.0 Å². The fourth-order valence-electron chi connectivity index (χ4n) is 1.94. The molecule has 0 fully saturated rings. The van der Waals surface area contributed by atoms with E-state index >= 15 is 0 Å². The highest BCUT2D eigenvalue weighted by molar-refractivity contribution is 7.98. The number of benzene rings is 1. The largest absolute Gasteiger partial charge is 0.468 e. The van der Waals surface area contributed by atoms with E-state index in [1.807, 2.05) is 0 Å². The van der Waals surface area contributed by atoms with Gasteiger partial charge in [-0.2, -0.15) is 42.8 Å². The lowest BCUT2D eigenvalue weighted by Crippen LogP contribution is -2.42. The van der Waals surface area contributed by atoms with Gasteiger partial charge in [-0.3, -0.25) is 4.79 Å². The van der Waals surface area contributed by atoms with Crippen LogP contribution in [-0.2, 0) is 31.9 Å². The van der Waals surface area contributed by atoms with Crippen LogP contribution in [0.25, 0.3) is 0 Å². The molecule has 13 heteroatoms. The van der Waals surface area contributed by atoms with E-state index in [2.05, 4.69) is 4.74 Å². The molecule has 1 rings (SSSR count). The summed E-state index contributed by atoms with van der Waals surface area (Å²) in [5.74, 6) is -0.728. The zero-order valence-corrected chi connectivity index (χ0v) is 15.6. The Hall–Kier alpha value is -1.47. The SMILES string of the molecule is COC(=O)[C@@H](CCSC)NS(=O)(=O)c1cc(C(F)(F)F)cc(C(F)(F)F)c1. The van der Waals surface area contributed by atoms with E-state index < -0.39 is 50.4 Å². The summed E-state index contributed by atoms with van der Waals surface area (Å²) in [6.45, 7) is 0. The minimum absolute atomic E-state index is 0.0699. The summed E-state index contributed by atoms with van der Waals surface area (Å²) in [5, 5.41) is 0. The zero-order chi connectivity index (χ0) is 21.0. The summed E-state index contributed by atoms with van der Waals surface area (Å²) in [6.07, 6.45) is -8.82. The Morgan fingerprint density at radius 2 is 1.59 bits per heavy atom. The lowest BCUT2D eigenvalue weighted by molar-refractivity contribution is -0.144. The number of alkyl halides is 6. The van der Waals surface area contributed by atoms with Gasteiger partial charge in [0.05, 0.1) is 23.1 Å². The van der Waals surface area contributed by atoms with Crippen molar-refractivity contribution in [2.24, 2.45) is 0 Å². The molecule has 0 heterocycles. The van der Waals surface area contributed by atoms with Gasteiger partial charge >= 0.3 is 18.3 Å². The van der Waals surface area contributed by atoms with E-state index in [0.29, 0.717) is 5.75 Å². The van der Waals surface area contributed by atoms with E-state index in [1.165, 1.54) is 11.8 Å². The van der Waals surface area contributed by atoms with Crippen LogP contribution in [0.5, 0.6) is 0 Å². The number of hydrogen-bond acceptors (Lipinski definition) is 5. The third-order valence-electron chi connectivity index (χ3n) is 3.27. The molecule has 0 aliphatic heterocycles. The minimum atomic E-state index is -5.20. The summed E-state index contributed by atoms with van der Waals surface area (Å²) >= 11 is 1.25. The highest BCUT2D eigenvalue weighted by Crippen LogP contribution is 2.37. The number of halogens is 6. The van der Waals surface area contributed by atoms with Crippen LogP contribution < -0.4 is 4.72 Å². The van der Waals surface area contributed by atoms with Gasteiger partial charge in [-0.1, -0.05) is 0 Å². The van der Waals surface area contributed by atoms with E-state index in [9.17, 15) is 39.6 Å². The van der Waals surface area contributed by atoms with Gasteiger partial charge in [0.25, 0.3) is 0 Å². The Kier molecular flexibility index (Phi) is 7.59. The number of ether oxygens (including phenoxy) is 1. The molecule has 1 aromatic carbocycles. The monoisotopic (exact) mass is 439 g/mol. The van der Waals surface area contributed by atoms with Crippen molar-refractivity contribution in [3.05, 3.63) is 29.3 Å². The molecule has 154 valence electrons. The van der Waals surface area contributed by atoms with Crippen molar-refractivity contribution in [3.8, 4) is 0 Å². The summed E-state index contributed by atoms with van der Waals surface area (Å²) in [6, 6.07) is -1.51. The number of esters is 1. The van der Waals surface area contributed by atoms with Gasteiger partial charge in [-0.25, -0.2) is 8.42 Å². The maximum atomic E-state index is 12.9. The van der Waals surface area contributed by atoms with Crippen molar-refractivity contribution in [1.29, 1.82) is 0 Å². The molecule has 0 radical (unpaired) electrons. The molecule has 0 saturated carbocycles. The van der Waals surface area contributed by atoms with Gasteiger partial charge in [0.2, 0.25) is 10.0 Å². The number of methoxy groups -OCH3 is 1. The van der Waals surface area contributed by atoms with E-state index in [4.69, 9.17) is 0 Å². The first-order valence-corrected chi connectivity index (χ1v) is 9.98. The number of thioether (sulfide) groups is 1. The van der Waals surface area contributed by atoms with Gasteiger partial charge in [0, 0.05) is 0 Å². The third kappa shape index (κ3) is 6.57. The van der Waals surface area contributed by atoms with Crippen molar-refractivity contribution < 1.29 is 44.3 Å². The first-order chi connectivity index (χ1) is 12.2. The lowest BCUT2D eigenvalue weighted by atomic mass is 10.1. The predicted molar refractivity (Wildman–Crippen MR) is 85.6 cm³/mol. The molecule has 0 saturated heterocycles. The number of hydrogen-bond donors (Lipinski definition) is 1. The van der Waals surface area contributed by atoms with Crippen LogP contribution in [-0.4, -0.2) is 39.5 Å². The van der Waals surface area contributed by atoms with Crippen molar-refractivity contribution in [1.82, 2.24) is 4.72 Å². The number of carbonyl (C=O) groups excluding carboxylic acids is 1. The van der Waals surface area contributed by atoms with Crippen LogP contribution in [0, 0.1) is 0 Å². The van der Waals surface area contributed by atoms with E-state index in [-0.39, 0.29) is 24.6 Å². The van der Waals surface area contributed by atoms with Gasteiger partial charge in [0.15, 0.2) is 0 Å². The fraction of sp³-hybridized carbons (Fsp3) is 0.500. The smallest absolute Gasteiger partial charge is 0.416 e. The van der Waals surface area contributed by atoms with Crippen LogP contribution >= 0.6 is 11.8 Å². The van der Waals surface area contributed by atoms with Crippen LogP contribution in [0.1, 0.15) is 17.5 Å². The molecule has 0 aliphatic rings. The van der Waals surface area contributed by atoms with Crippen LogP contribution in [0.3, 0.4) is 0 Å². The molecular weight excluding hydrogens is 424 g/mol. The second-order valence-electron chi connectivity index (χ2n) is 5.22. The normalized spacial score (nSPS) is 14.1. The van der Waals surface area contributed by atoms with Crippen molar-refractivity contribution in [3.63, 3.8) is 0 Å². The summed E-state index contributed by atoms with van der Waals surface area (Å²) in [4.78, 5) is 10.4. The Morgan fingerprint density at radius 3 is 1.96 bits per heavy atom. The summed E-state index contributed by atoms with van der Waals surface area (Å²) in [5.41, 5.74) is -3.56. The van der Waals surface area contributed by atoms with Crippen LogP contribution in [0.15, 0.2) is 23.1 Å². The predicted octanol–water partition coefficient (Wildman–Crippen LogP) is 3.30. The molecule has 0 bridgehead atoms. The Labute approximate surface area is 155 Å². The average molecular weight is 439 g/mol. The Balaban J connectivity index is 3.41. The number of sulfonamides is 1. The quantitative estimate of drug-likeness (QED) is 0.522. The van der Waals surface area contributed by atoms with Crippen molar-refractivity contribution >= 4 is 27.8 Å². The molecule has 0 unspecified atom stereocenters. The third-order valence-corrected chi connectivity index (χ3v) is 5.36. The fourth-order valence-corrected chi connectivity index (χ4v) is 3.70. The zero-order valence-electron chi connectivity index (χ0n) is 13.9. The second kappa shape index (κ2) is 8.69. The molecule has 5 nitrogen and oxygen atoms in total. The molecule has 27 heavy (non-hydrogen) atoms. The highest BCUT2D eigenvalue weighted by atomic mass is 32.2. The highest BCUT2D eigenvalue weighted by Gasteiger charge is 2.38. The summed E-state index contributed by atoms with van der Waals surface area (Å²) < 4.78 is 108. The second-order valence-corrected chi connectivity index (χ2v) is 7.92. The first kappa shape index (κ1) is 23.6. The molecule has 1 N–H and O–H groups in total. The number of carbonyl (C=O) groups is 1. The van der Waals surface area contributed by atoms with Gasteiger partial charge in [0.1, 0.15) is 6.04 Å². The average Bonchev–Trinajstić information content (AvgIpc) is 2.55. The lowest BCUT2D eigenvalue weighted by Gasteiger charge is -2.18. The Morgan fingerprint density at radius 1 is 1.11 bits per heavy atom. The van der Waals surface area contributed by atoms with Gasteiger partial charge in [-0.15, -0.1) is 0 Å². The molecule has 0 aromatic heterocycles. The first-order valence-electron chi connectivity index (χ1n) is 7.11. The molecule has 0 amide bonds. The number of nitrogens with one attached hydrogen (secondary N) is 1. The van der Waals surface area contributed by atoms with E-state index in [0.717, 1.165) is 7.11 Å². The number of rotatable bonds is 7. The summed E-state index contributed by atoms with van der Waals surface area (Å²) in [7, 11) is -3.90. The van der Waals surface area contributed by atoms with Gasteiger partial charge < -0.3 is 4.74 Å². The molecular formula is C14H15F6NO4S2. The molecule has 0 spiro atoms. The van der Waals surface area contributed by atoms with Crippen molar-refractivity contribution in [2.45, 2.75) is 29.7 Å². The maximum absolute atomic E-state index is 12.9. The minimum Gasteiger partial charge on any atom is -0.468 e. The van der Waals surface area contributed by atoms with Crippen LogP contribution in [0.4, 0.5) is 26.3 Å². The molecule has 0 aliphatic carbocycles. The van der Waals surface area contributed by atoms with Gasteiger partial charge in [-0.05, 0) is 36.6 Å². The van der Waals surface area contributed by atoms with Crippen molar-refractivity contribution in [2.75, 3.05) is 19.1 Å².